The van der Waals surface area contributed by atoms with Crippen LogP contribution in [0.25, 0.3) is 0 Å². The summed E-state index contributed by atoms with van der Waals surface area (Å²) in [7, 11) is -3.91. The predicted molar refractivity (Wildman–Crippen MR) is 112 cm³/mol. The minimum absolute atomic E-state index is 0.0172. The summed E-state index contributed by atoms with van der Waals surface area (Å²) in [5, 5.41) is 2.49. The Labute approximate surface area is 169 Å². The Morgan fingerprint density at radius 1 is 0.897 bits per heavy atom. The number of hydrogen-bond acceptors (Lipinski definition) is 3. The predicted octanol–water partition coefficient (Wildman–Crippen LogP) is 4.80. The van der Waals surface area contributed by atoms with Crippen molar-refractivity contribution in [1.29, 1.82) is 0 Å². The van der Waals surface area contributed by atoms with Gasteiger partial charge in [0.15, 0.2) is 0 Å². The standard InChI is InChI=1S/C22H21FN2O3S/c1-14-5-4-6-18(11-14)25-29(27,28)21-13-17(9-8-16(21)3)22(26)24-20-12-15(2)7-10-19(20)23/h4-13,25H,1-3H3,(H,24,26). The number of anilines is 2. The van der Waals surface area contributed by atoms with Gasteiger partial charge in [-0.05, 0) is 73.9 Å². The number of halogens is 1. The van der Waals surface area contributed by atoms with E-state index < -0.39 is 21.7 Å². The van der Waals surface area contributed by atoms with Gasteiger partial charge in [-0.25, -0.2) is 12.8 Å². The number of hydrogen-bond donors (Lipinski definition) is 2. The molecular weight excluding hydrogens is 391 g/mol. The molecule has 3 aromatic rings. The normalized spacial score (nSPS) is 11.2. The summed E-state index contributed by atoms with van der Waals surface area (Å²) in [6, 6.07) is 15.7. The van der Waals surface area contributed by atoms with E-state index in [1.54, 1.807) is 44.2 Å². The Hall–Kier alpha value is -3.19. The number of carbonyl (C=O) groups excluding carboxylic acids is 1. The minimum Gasteiger partial charge on any atom is -0.319 e. The second kappa shape index (κ2) is 8.05. The van der Waals surface area contributed by atoms with Crippen LogP contribution in [-0.2, 0) is 10.0 Å². The first-order valence-corrected chi connectivity index (χ1v) is 10.4. The maximum atomic E-state index is 13.9. The van der Waals surface area contributed by atoms with Crippen molar-refractivity contribution in [3.05, 3.63) is 88.7 Å². The molecule has 0 saturated carbocycles. The lowest BCUT2D eigenvalue weighted by Crippen LogP contribution is -2.17. The van der Waals surface area contributed by atoms with E-state index in [1.165, 1.54) is 24.3 Å². The third-order valence-corrected chi connectivity index (χ3v) is 5.90. The van der Waals surface area contributed by atoms with Crippen molar-refractivity contribution in [2.24, 2.45) is 0 Å². The van der Waals surface area contributed by atoms with Gasteiger partial charge in [0, 0.05) is 11.3 Å². The van der Waals surface area contributed by atoms with Gasteiger partial charge in [-0.2, -0.15) is 0 Å². The molecule has 150 valence electrons. The van der Waals surface area contributed by atoms with Crippen LogP contribution in [0.5, 0.6) is 0 Å². The Balaban J connectivity index is 1.91. The molecule has 0 aliphatic heterocycles. The molecule has 0 bridgehead atoms. The highest BCUT2D eigenvalue weighted by molar-refractivity contribution is 7.92. The number of carbonyl (C=O) groups is 1. The van der Waals surface area contributed by atoms with Crippen molar-refractivity contribution in [3.63, 3.8) is 0 Å². The van der Waals surface area contributed by atoms with Crippen LogP contribution in [0.2, 0.25) is 0 Å². The molecule has 0 aromatic heterocycles. The molecule has 0 heterocycles. The topological polar surface area (TPSA) is 75.3 Å². The van der Waals surface area contributed by atoms with Crippen molar-refractivity contribution in [2.45, 2.75) is 25.7 Å². The Morgan fingerprint density at radius 2 is 1.62 bits per heavy atom. The highest BCUT2D eigenvalue weighted by atomic mass is 32.2. The summed E-state index contributed by atoms with van der Waals surface area (Å²) < 4.78 is 42.2. The second-order valence-electron chi connectivity index (χ2n) is 6.89. The van der Waals surface area contributed by atoms with Gasteiger partial charge in [0.05, 0.1) is 10.6 Å². The second-order valence-corrected chi connectivity index (χ2v) is 8.54. The lowest BCUT2D eigenvalue weighted by Gasteiger charge is -2.13. The van der Waals surface area contributed by atoms with Gasteiger partial charge < -0.3 is 5.32 Å². The first-order chi connectivity index (χ1) is 13.7. The third-order valence-electron chi connectivity index (χ3n) is 4.38. The Kier molecular flexibility index (Phi) is 5.70. The van der Waals surface area contributed by atoms with E-state index in [0.29, 0.717) is 11.3 Å². The van der Waals surface area contributed by atoms with Crippen molar-refractivity contribution in [3.8, 4) is 0 Å². The number of amides is 1. The SMILES string of the molecule is Cc1cccc(NS(=O)(=O)c2cc(C(=O)Nc3cc(C)ccc3F)ccc2C)c1. The molecule has 7 heteroatoms. The van der Waals surface area contributed by atoms with Crippen molar-refractivity contribution >= 4 is 27.3 Å². The number of benzene rings is 3. The average molecular weight is 412 g/mol. The van der Waals surface area contributed by atoms with E-state index in [9.17, 15) is 17.6 Å². The van der Waals surface area contributed by atoms with Crippen molar-refractivity contribution in [2.75, 3.05) is 10.0 Å². The number of nitrogens with one attached hydrogen (secondary N) is 2. The molecule has 2 N–H and O–H groups in total. The quantitative estimate of drug-likeness (QED) is 0.632. The molecule has 0 unspecified atom stereocenters. The molecule has 0 aliphatic rings. The molecule has 0 fully saturated rings. The minimum atomic E-state index is -3.91. The van der Waals surface area contributed by atoms with E-state index in [4.69, 9.17) is 0 Å². The molecular formula is C22H21FN2O3S. The molecule has 0 spiro atoms. The summed E-state index contributed by atoms with van der Waals surface area (Å²) in [6.07, 6.45) is 0. The summed E-state index contributed by atoms with van der Waals surface area (Å²) >= 11 is 0. The molecule has 3 rings (SSSR count). The van der Waals surface area contributed by atoms with E-state index in [-0.39, 0.29) is 16.1 Å². The summed E-state index contributed by atoms with van der Waals surface area (Å²) in [4.78, 5) is 12.6. The summed E-state index contributed by atoms with van der Waals surface area (Å²) in [5.74, 6) is -1.16. The largest absolute Gasteiger partial charge is 0.319 e. The zero-order chi connectivity index (χ0) is 21.2. The van der Waals surface area contributed by atoms with Crippen LogP contribution in [0.1, 0.15) is 27.0 Å². The van der Waals surface area contributed by atoms with E-state index in [2.05, 4.69) is 10.0 Å². The van der Waals surface area contributed by atoms with Gasteiger partial charge in [0.25, 0.3) is 15.9 Å². The van der Waals surface area contributed by atoms with Crippen molar-refractivity contribution in [1.82, 2.24) is 0 Å². The molecule has 0 radical (unpaired) electrons. The van der Waals surface area contributed by atoms with Gasteiger partial charge in [-0.15, -0.1) is 0 Å². The Morgan fingerprint density at radius 3 is 2.34 bits per heavy atom. The maximum Gasteiger partial charge on any atom is 0.262 e. The molecule has 0 aliphatic carbocycles. The fraction of sp³-hybridized carbons (Fsp3) is 0.136. The zero-order valence-electron chi connectivity index (χ0n) is 16.3. The van der Waals surface area contributed by atoms with Crippen molar-refractivity contribution < 1.29 is 17.6 Å². The van der Waals surface area contributed by atoms with E-state index in [0.717, 1.165) is 11.1 Å². The van der Waals surface area contributed by atoms with Gasteiger partial charge in [-0.1, -0.05) is 24.3 Å². The monoisotopic (exact) mass is 412 g/mol. The van der Waals surface area contributed by atoms with Crippen LogP contribution in [0.15, 0.2) is 65.6 Å². The first kappa shape index (κ1) is 20.5. The van der Waals surface area contributed by atoms with Crippen LogP contribution in [0.4, 0.5) is 15.8 Å². The Bertz CT molecular complexity index is 1190. The lowest BCUT2D eigenvalue weighted by molar-refractivity contribution is 0.102. The van der Waals surface area contributed by atoms with Gasteiger partial charge in [0.2, 0.25) is 0 Å². The molecule has 3 aromatic carbocycles. The number of rotatable bonds is 5. The molecule has 29 heavy (non-hydrogen) atoms. The van der Waals surface area contributed by atoms with E-state index in [1.807, 2.05) is 13.0 Å². The highest BCUT2D eigenvalue weighted by Gasteiger charge is 2.20. The van der Waals surface area contributed by atoms with Crippen LogP contribution in [0.3, 0.4) is 0 Å². The molecule has 1 amide bonds. The molecule has 0 atom stereocenters. The van der Waals surface area contributed by atoms with Gasteiger partial charge >= 0.3 is 0 Å². The average Bonchev–Trinajstić information content (AvgIpc) is 2.64. The summed E-state index contributed by atoms with van der Waals surface area (Å²) in [5.41, 5.74) is 2.77. The van der Waals surface area contributed by atoms with Crippen LogP contribution < -0.4 is 10.0 Å². The maximum absolute atomic E-state index is 13.9. The van der Waals surface area contributed by atoms with Crippen LogP contribution >= 0.6 is 0 Å². The van der Waals surface area contributed by atoms with Crippen LogP contribution in [-0.4, -0.2) is 14.3 Å². The number of sulfonamides is 1. The lowest BCUT2D eigenvalue weighted by atomic mass is 10.1. The van der Waals surface area contributed by atoms with Gasteiger partial charge in [0.1, 0.15) is 5.82 Å². The van der Waals surface area contributed by atoms with Crippen LogP contribution in [0, 0.1) is 26.6 Å². The zero-order valence-corrected chi connectivity index (χ0v) is 17.1. The van der Waals surface area contributed by atoms with Gasteiger partial charge in [-0.3, -0.25) is 9.52 Å². The highest BCUT2D eigenvalue weighted by Crippen LogP contribution is 2.23. The summed E-state index contributed by atoms with van der Waals surface area (Å²) in [6.45, 7) is 5.29. The first-order valence-electron chi connectivity index (χ1n) is 8.93. The third kappa shape index (κ3) is 4.81. The molecule has 0 saturated heterocycles. The number of aryl methyl sites for hydroxylation is 3. The molecule has 5 nitrogen and oxygen atoms in total. The van der Waals surface area contributed by atoms with E-state index >= 15 is 0 Å². The fourth-order valence-electron chi connectivity index (χ4n) is 2.88. The smallest absolute Gasteiger partial charge is 0.262 e. The fourth-order valence-corrected chi connectivity index (χ4v) is 4.20.